The van der Waals surface area contributed by atoms with Crippen LogP contribution in [0.3, 0.4) is 0 Å². The first kappa shape index (κ1) is 13.0. The lowest BCUT2D eigenvalue weighted by Crippen LogP contribution is -2.21. The molecule has 1 aromatic carbocycles. The largest absolute Gasteiger partial charge is 0.339 e. The van der Waals surface area contributed by atoms with Crippen LogP contribution in [-0.2, 0) is 12.8 Å². The van der Waals surface area contributed by atoms with Gasteiger partial charge in [-0.1, -0.05) is 42.3 Å². The maximum atomic E-state index is 5.57. The molecule has 2 heterocycles. The molecule has 4 nitrogen and oxygen atoms in total. The molecule has 0 radical (unpaired) electrons. The number of hydrogen-bond donors (Lipinski definition) is 1. The van der Waals surface area contributed by atoms with Crippen molar-refractivity contribution in [3.05, 3.63) is 47.1 Å². The van der Waals surface area contributed by atoms with E-state index in [9.17, 15) is 0 Å². The van der Waals surface area contributed by atoms with Crippen molar-refractivity contribution >= 4 is 0 Å². The summed E-state index contributed by atoms with van der Waals surface area (Å²) in [5.41, 5.74) is 2.85. The molecule has 1 N–H and O–H groups in total. The van der Waals surface area contributed by atoms with Crippen LogP contribution in [0.4, 0.5) is 0 Å². The van der Waals surface area contributed by atoms with Crippen molar-refractivity contribution in [2.75, 3.05) is 6.54 Å². The molecular weight excluding hydrogens is 262 g/mol. The first-order chi connectivity index (χ1) is 10.4. The highest BCUT2D eigenvalue weighted by molar-refractivity contribution is 5.34. The molecule has 1 aliphatic carbocycles. The molecule has 1 saturated heterocycles. The Balaban J connectivity index is 1.50. The molecule has 1 aliphatic heterocycles. The molecule has 2 aliphatic rings. The number of rotatable bonds is 2. The summed E-state index contributed by atoms with van der Waals surface area (Å²) in [5.74, 6) is 2.02. The minimum Gasteiger partial charge on any atom is -0.339 e. The summed E-state index contributed by atoms with van der Waals surface area (Å²) in [7, 11) is 0. The van der Waals surface area contributed by atoms with E-state index in [1.54, 1.807) is 0 Å². The van der Waals surface area contributed by atoms with Crippen molar-refractivity contribution in [3.8, 4) is 0 Å². The molecule has 1 atom stereocenters. The van der Waals surface area contributed by atoms with E-state index < -0.39 is 0 Å². The zero-order chi connectivity index (χ0) is 14.1. The number of fused-ring (bicyclic) bond motifs is 1. The molecule has 0 saturated carbocycles. The fourth-order valence-electron chi connectivity index (χ4n) is 3.54. The van der Waals surface area contributed by atoms with Crippen molar-refractivity contribution < 1.29 is 4.52 Å². The number of nitrogens with zero attached hydrogens (tertiary/aromatic N) is 2. The summed E-state index contributed by atoms with van der Waals surface area (Å²) < 4.78 is 5.57. The Hall–Kier alpha value is -1.68. The minimum atomic E-state index is 0.272. The van der Waals surface area contributed by atoms with Gasteiger partial charge in [0.15, 0.2) is 5.82 Å². The van der Waals surface area contributed by atoms with Gasteiger partial charge < -0.3 is 9.84 Å². The van der Waals surface area contributed by atoms with Gasteiger partial charge in [0.1, 0.15) is 0 Å². The van der Waals surface area contributed by atoms with Crippen molar-refractivity contribution in [3.63, 3.8) is 0 Å². The molecule has 21 heavy (non-hydrogen) atoms. The molecule has 2 aromatic rings. The van der Waals surface area contributed by atoms with Gasteiger partial charge >= 0.3 is 0 Å². The van der Waals surface area contributed by atoms with Gasteiger partial charge in [-0.2, -0.15) is 4.98 Å². The first-order valence-corrected chi connectivity index (χ1v) is 8.04. The minimum absolute atomic E-state index is 0.272. The Morgan fingerprint density at radius 3 is 2.67 bits per heavy atom. The number of hydrogen-bond acceptors (Lipinski definition) is 4. The van der Waals surface area contributed by atoms with Crippen LogP contribution in [0.15, 0.2) is 28.8 Å². The summed E-state index contributed by atoms with van der Waals surface area (Å²) in [6, 6.07) is 8.90. The number of benzene rings is 1. The maximum absolute atomic E-state index is 5.57. The fraction of sp³-hybridized carbons (Fsp3) is 0.529. The molecule has 0 spiro atoms. The highest BCUT2D eigenvalue weighted by Gasteiger charge is 2.28. The quantitative estimate of drug-likeness (QED) is 0.920. The van der Waals surface area contributed by atoms with Gasteiger partial charge in [-0.25, -0.2) is 0 Å². The molecule has 4 rings (SSSR count). The van der Waals surface area contributed by atoms with E-state index >= 15 is 0 Å². The predicted octanol–water partition coefficient (Wildman–Crippen LogP) is 3.16. The van der Waals surface area contributed by atoms with Crippen LogP contribution in [0.5, 0.6) is 0 Å². The molecule has 0 amide bonds. The highest BCUT2D eigenvalue weighted by atomic mass is 16.5. The zero-order valence-electron chi connectivity index (χ0n) is 12.2. The van der Waals surface area contributed by atoms with Crippen molar-refractivity contribution in [2.45, 2.75) is 50.5 Å². The normalized spacial score (nSPS) is 23.0. The van der Waals surface area contributed by atoms with Crippen LogP contribution >= 0.6 is 0 Å². The third-order valence-corrected chi connectivity index (χ3v) is 4.73. The van der Waals surface area contributed by atoms with Crippen LogP contribution in [-0.4, -0.2) is 16.7 Å². The van der Waals surface area contributed by atoms with Gasteiger partial charge in [-0.05, 0) is 43.4 Å². The Kier molecular flexibility index (Phi) is 3.47. The maximum Gasteiger partial charge on any atom is 0.230 e. The highest BCUT2D eigenvalue weighted by Crippen LogP contribution is 2.33. The van der Waals surface area contributed by atoms with Gasteiger partial charge in [0.05, 0.1) is 6.04 Å². The van der Waals surface area contributed by atoms with Gasteiger partial charge in [-0.3, -0.25) is 0 Å². The van der Waals surface area contributed by atoms with Gasteiger partial charge in [-0.15, -0.1) is 0 Å². The summed E-state index contributed by atoms with van der Waals surface area (Å²) in [4.78, 5) is 4.70. The Bertz CT molecular complexity index is 589. The van der Waals surface area contributed by atoms with Crippen LogP contribution in [0.2, 0.25) is 0 Å². The standard InChI is InChI=1S/C17H21N3O/c1-2-8-15(18-9-5-1)16-19-17(21-20-16)14-10-12-6-3-4-7-13(12)11-14/h3-4,6-7,14-15,18H,1-2,5,8-11H2. The van der Waals surface area contributed by atoms with Crippen molar-refractivity contribution in [1.29, 1.82) is 0 Å². The number of aromatic nitrogens is 2. The van der Waals surface area contributed by atoms with E-state index in [0.29, 0.717) is 5.92 Å². The lowest BCUT2D eigenvalue weighted by molar-refractivity contribution is 0.345. The van der Waals surface area contributed by atoms with E-state index in [1.165, 1.54) is 30.4 Å². The van der Waals surface area contributed by atoms with Crippen molar-refractivity contribution in [1.82, 2.24) is 15.5 Å². The van der Waals surface area contributed by atoms with E-state index in [4.69, 9.17) is 9.51 Å². The molecule has 110 valence electrons. The average molecular weight is 283 g/mol. The lowest BCUT2D eigenvalue weighted by Gasteiger charge is -2.10. The first-order valence-electron chi connectivity index (χ1n) is 8.04. The molecule has 0 bridgehead atoms. The topological polar surface area (TPSA) is 51.0 Å². The van der Waals surface area contributed by atoms with E-state index in [2.05, 4.69) is 34.7 Å². The second-order valence-electron chi connectivity index (χ2n) is 6.22. The molecule has 1 fully saturated rings. The third-order valence-electron chi connectivity index (χ3n) is 4.73. The molecule has 4 heteroatoms. The number of nitrogens with one attached hydrogen (secondary N) is 1. The Labute approximate surface area is 124 Å². The smallest absolute Gasteiger partial charge is 0.230 e. The second-order valence-corrected chi connectivity index (χ2v) is 6.22. The van der Waals surface area contributed by atoms with Crippen LogP contribution < -0.4 is 5.32 Å². The molecular formula is C17H21N3O. The molecule has 1 unspecified atom stereocenters. The van der Waals surface area contributed by atoms with Gasteiger partial charge in [0.25, 0.3) is 0 Å². The van der Waals surface area contributed by atoms with E-state index in [1.807, 2.05) is 0 Å². The predicted molar refractivity (Wildman–Crippen MR) is 80.1 cm³/mol. The zero-order valence-corrected chi connectivity index (χ0v) is 12.2. The lowest BCUT2D eigenvalue weighted by atomic mass is 10.1. The SMILES string of the molecule is c1ccc2c(c1)CC(c1nc(C3CCCCCN3)no1)C2. The Morgan fingerprint density at radius 1 is 1.05 bits per heavy atom. The third kappa shape index (κ3) is 2.60. The summed E-state index contributed by atoms with van der Waals surface area (Å²) >= 11 is 0. The van der Waals surface area contributed by atoms with Crippen LogP contribution in [0, 0.1) is 0 Å². The second kappa shape index (κ2) is 5.60. The fourth-order valence-corrected chi connectivity index (χ4v) is 3.54. The Morgan fingerprint density at radius 2 is 1.86 bits per heavy atom. The summed E-state index contributed by atoms with van der Waals surface area (Å²) in [6.45, 7) is 1.06. The van der Waals surface area contributed by atoms with Gasteiger partial charge in [0.2, 0.25) is 5.89 Å². The summed E-state index contributed by atoms with van der Waals surface area (Å²) in [5, 5.41) is 7.77. The van der Waals surface area contributed by atoms with Gasteiger partial charge in [0, 0.05) is 5.92 Å². The van der Waals surface area contributed by atoms with Crippen LogP contribution in [0.25, 0.3) is 0 Å². The van der Waals surface area contributed by atoms with Crippen molar-refractivity contribution in [2.24, 2.45) is 0 Å². The monoisotopic (exact) mass is 283 g/mol. The van der Waals surface area contributed by atoms with Crippen LogP contribution in [0.1, 0.15) is 60.5 Å². The van der Waals surface area contributed by atoms with E-state index in [0.717, 1.165) is 37.5 Å². The average Bonchev–Trinajstić information content (AvgIpc) is 3.07. The van der Waals surface area contributed by atoms with E-state index in [-0.39, 0.29) is 6.04 Å². The molecule has 1 aromatic heterocycles. The summed E-state index contributed by atoms with van der Waals surface area (Å²) in [6.07, 6.45) is 6.96.